The number of fused-ring (bicyclic) bond motifs is 1. The molecule has 0 atom stereocenters. The van der Waals surface area contributed by atoms with E-state index in [0.717, 1.165) is 16.7 Å². The van der Waals surface area contributed by atoms with Gasteiger partial charge in [0.2, 0.25) is 0 Å². The number of carbonyl (C=O) groups is 1. The lowest BCUT2D eigenvalue weighted by atomic mass is 10.00. The van der Waals surface area contributed by atoms with Crippen LogP contribution >= 0.6 is 0 Å². The molecule has 2 N–H and O–H groups in total. The van der Waals surface area contributed by atoms with Gasteiger partial charge in [-0.1, -0.05) is 6.92 Å². The number of carbonyl (C=O) groups excluding carboxylic acids is 1. The van der Waals surface area contributed by atoms with Crippen LogP contribution in [-0.2, 0) is 12.8 Å². The van der Waals surface area contributed by atoms with E-state index in [9.17, 15) is 9.18 Å². The molecule has 0 saturated heterocycles. The van der Waals surface area contributed by atoms with Crippen LogP contribution in [0.2, 0.25) is 0 Å². The third-order valence-electron chi connectivity index (χ3n) is 3.74. The van der Waals surface area contributed by atoms with Crippen molar-refractivity contribution >= 4 is 11.8 Å². The van der Waals surface area contributed by atoms with E-state index in [4.69, 9.17) is 5.73 Å². The molecular weight excluding hydrogens is 271 g/mol. The summed E-state index contributed by atoms with van der Waals surface area (Å²) in [6.07, 6.45) is 5.78. The van der Waals surface area contributed by atoms with Crippen LogP contribution < -0.4 is 10.6 Å². The number of amides is 2. The summed E-state index contributed by atoms with van der Waals surface area (Å²) in [4.78, 5) is 21.0. The highest BCUT2D eigenvalue weighted by Crippen LogP contribution is 2.31. The van der Waals surface area contributed by atoms with Crippen LogP contribution in [0.1, 0.15) is 18.1 Å². The second-order valence-corrected chi connectivity index (χ2v) is 4.95. The van der Waals surface area contributed by atoms with Gasteiger partial charge in [0, 0.05) is 30.1 Å². The average Bonchev–Trinajstić information content (AvgIpc) is 2.90. The molecule has 1 aliphatic rings. The number of primary amides is 1. The topological polar surface area (TPSA) is 72.1 Å². The molecule has 6 heteroatoms. The Labute approximate surface area is 121 Å². The van der Waals surface area contributed by atoms with Crippen LogP contribution in [-0.4, -0.2) is 22.5 Å². The fraction of sp³-hybridized carbons (Fsp3) is 0.267. The Kier molecular flexibility index (Phi) is 3.29. The zero-order valence-corrected chi connectivity index (χ0v) is 11.6. The fourth-order valence-corrected chi connectivity index (χ4v) is 2.70. The van der Waals surface area contributed by atoms with Gasteiger partial charge in [-0.05, 0) is 30.0 Å². The van der Waals surface area contributed by atoms with E-state index in [2.05, 4.69) is 9.97 Å². The number of halogens is 1. The Balaban J connectivity index is 2.07. The van der Waals surface area contributed by atoms with Crippen molar-refractivity contribution in [1.29, 1.82) is 0 Å². The minimum atomic E-state index is -0.504. The van der Waals surface area contributed by atoms with Gasteiger partial charge in [0.25, 0.3) is 0 Å². The van der Waals surface area contributed by atoms with Crippen molar-refractivity contribution in [2.75, 3.05) is 11.4 Å². The van der Waals surface area contributed by atoms with E-state index in [1.807, 2.05) is 13.0 Å². The van der Waals surface area contributed by atoms with Crippen LogP contribution in [0.15, 0.2) is 24.7 Å². The maximum Gasteiger partial charge on any atom is 0.320 e. The van der Waals surface area contributed by atoms with Gasteiger partial charge in [-0.15, -0.1) is 0 Å². The van der Waals surface area contributed by atoms with Crippen molar-refractivity contribution in [3.63, 3.8) is 0 Å². The molecule has 0 saturated carbocycles. The number of aromatic nitrogens is 2. The number of rotatable bonds is 2. The highest BCUT2D eigenvalue weighted by molar-refractivity contribution is 5.92. The van der Waals surface area contributed by atoms with E-state index in [0.29, 0.717) is 30.8 Å². The largest absolute Gasteiger partial charge is 0.351 e. The van der Waals surface area contributed by atoms with Gasteiger partial charge in [0.05, 0.1) is 6.20 Å². The lowest BCUT2D eigenvalue weighted by Crippen LogP contribution is -2.34. The van der Waals surface area contributed by atoms with Crippen LogP contribution in [0.4, 0.5) is 15.0 Å². The SMILES string of the molecule is CCc1c(F)cncc1-c1cnc2c(c1)CCN2C(N)=O. The van der Waals surface area contributed by atoms with Crippen molar-refractivity contribution in [1.82, 2.24) is 9.97 Å². The lowest BCUT2D eigenvalue weighted by molar-refractivity contribution is 0.254. The molecule has 3 heterocycles. The summed E-state index contributed by atoms with van der Waals surface area (Å²) in [7, 11) is 0. The first kappa shape index (κ1) is 13.5. The summed E-state index contributed by atoms with van der Waals surface area (Å²) in [6.45, 7) is 2.43. The molecule has 2 aromatic heterocycles. The number of hydrogen-bond acceptors (Lipinski definition) is 3. The van der Waals surface area contributed by atoms with Gasteiger partial charge in [-0.3, -0.25) is 9.88 Å². The van der Waals surface area contributed by atoms with E-state index in [1.165, 1.54) is 11.1 Å². The first-order chi connectivity index (χ1) is 10.1. The first-order valence-electron chi connectivity index (χ1n) is 6.80. The van der Waals surface area contributed by atoms with Gasteiger partial charge in [-0.25, -0.2) is 14.2 Å². The van der Waals surface area contributed by atoms with Gasteiger partial charge < -0.3 is 5.73 Å². The molecule has 0 aromatic carbocycles. The standard InChI is InChI=1S/C15H15FN4O/c1-2-11-12(7-18-8-13(11)16)10-5-9-3-4-20(15(17)21)14(9)19-6-10/h5-8H,2-4H2,1H3,(H2,17,21). The second-order valence-electron chi connectivity index (χ2n) is 4.95. The maximum absolute atomic E-state index is 13.8. The smallest absolute Gasteiger partial charge is 0.320 e. The van der Waals surface area contributed by atoms with Crippen LogP contribution in [0.25, 0.3) is 11.1 Å². The summed E-state index contributed by atoms with van der Waals surface area (Å²) in [5, 5.41) is 0. The van der Waals surface area contributed by atoms with Crippen molar-refractivity contribution < 1.29 is 9.18 Å². The molecule has 0 unspecified atom stereocenters. The molecule has 0 aliphatic carbocycles. The molecule has 3 rings (SSSR count). The maximum atomic E-state index is 13.8. The minimum absolute atomic E-state index is 0.311. The summed E-state index contributed by atoms with van der Waals surface area (Å²) in [5.74, 6) is 0.280. The van der Waals surface area contributed by atoms with Crippen LogP contribution in [0, 0.1) is 5.82 Å². The molecule has 108 valence electrons. The highest BCUT2D eigenvalue weighted by atomic mass is 19.1. The Morgan fingerprint density at radius 2 is 2.24 bits per heavy atom. The average molecular weight is 286 g/mol. The van der Waals surface area contributed by atoms with Gasteiger partial charge in [0.1, 0.15) is 11.6 Å². The fourth-order valence-electron chi connectivity index (χ4n) is 2.70. The predicted octanol–water partition coefficient (Wildman–Crippen LogP) is 2.29. The number of anilines is 1. The third kappa shape index (κ3) is 2.22. The number of urea groups is 1. The molecule has 2 amide bonds. The number of hydrogen-bond donors (Lipinski definition) is 1. The normalized spacial score (nSPS) is 13.3. The minimum Gasteiger partial charge on any atom is -0.351 e. The van der Waals surface area contributed by atoms with Gasteiger partial charge in [0.15, 0.2) is 0 Å². The van der Waals surface area contributed by atoms with E-state index >= 15 is 0 Å². The number of pyridine rings is 2. The molecule has 2 aromatic rings. The van der Waals surface area contributed by atoms with Crippen molar-refractivity contribution in [2.24, 2.45) is 5.73 Å². The van der Waals surface area contributed by atoms with Gasteiger partial charge >= 0.3 is 6.03 Å². The molecule has 0 fully saturated rings. The zero-order chi connectivity index (χ0) is 15.0. The molecule has 0 radical (unpaired) electrons. The molecule has 1 aliphatic heterocycles. The second kappa shape index (κ2) is 5.12. The van der Waals surface area contributed by atoms with Crippen LogP contribution in [0.3, 0.4) is 0 Å². The van der Waals surface area contributed by atoms with Crippen molar-refractivity contribution in [3.8, 4) is 11.1 Å². The zero-order valence-electron chi connectivity index (χ0n) is 11.6. The van der Waals surface area contributed by atoms with Gasteiger partial charge in [-0.2, -0.15) is 0 Å². The van der Waals surface area contributed by atoms with Crippen molar-refractivity contribution in [2.45, 2.75) is 19.8 Å². The lowest BCUT2D eigenvalue weighted by Gasteiger charge is -2.13. The van der Waals surface area contributed by atoms with Crippen LogP contribution in [0.5, 0.6) is 0 Å². The first-order valence-corrected chi connectivity index (χ1v) is 6.80. The molecule has 21 heavy (non-hydrogen) atoms. The number of nitrogens with zero attached hydrogens (tertiary/aromatic N) is 3. The Morgan fingerprint density at radius 1 is 1.43 bits per heavy atom. The number of nitrogens with two attached hydrogens (primary N) is 1. The predicted molar refractivity (Wildman–Crippen MR) is 77.4 cm³/mol. The molecular formula is C15H15FN4O. The Bertz CT molecular complexity index is 717. The van der Waals surface area contributed by atoms with E-state index in [1.54, 1.807) is 12.4 Å². The van der Waals surface area contributed by atoms with Crippen molar-refractivity contribution in [3.05, 3.63) is 41.6 Å². The molecule has 5 nitrogen and oxygen atoms in total. The third-order valence-corrected chi connectivity index (χ3v) is 3.74. The molecule has 0 bridgehead atoms. The monoisotopic (exact) mass is 286 g/mol. The Hall–Kier alpha value is -2.50. The Morgan fingerprint density at radius 3 is 2.95 bits per heavy atom. The quantitative estimate of drug-likeness (QED) is 0.920. The summed E-state index contributed by atoms with van der Waals surface area (Å²) < 4.78 is 13.8. The summed E-state index contributed by atoms with van der Waals surface area (Å²) in [6, 6.07) is 1.43. The summed E-state index contributed by atoms with van der Waals surface area (Å²) in [5.41, 5.74) is 8.43. The van der Waals surface area contributed by atoms with E-state index in [-0.39, 0.29) is 5.82 Å². The highest BCUT2D eigenvalue weighted by Gasteiger charge is 2.25. The van der Waals surface area contributed by atoms with E-state index < -0.39 is 6.03 Å². The molecule has 0 spiro atoms. The summed E-state index contributed by atoms with van der Waals surface area (Å²) >= 11 is 0.